The zero-order chi connectivity index (χ0) is 12.8. The maximum absolute atomic E-state index is 13.2. The molecule has 17 heavy (non-hydrogen) atoms. The molecule has 0 amide bonds. The fourth-order valence-electron chi connectivity index (χ4n) is 1.69. The van der Waals surface area contributed by atoms with Crippen LogP contribution in [0.15, 0.2) is 18.2 Å². The Bertz CT molecular complexity index is 330. The number of halogens is 1. The quantitative estimate of drug-likeness (QED) is 0.796. The molecular formula is C14H23FN2. The van der Waals surface area contributed by atoms with E-state index in [-0.39, 0.29) is 5.82 Å². The molecular weight excluding hydrogens is 215 g/mol. The fraction of sp³-hybridized carbons (Fsp3) is 0.571. The third kappa shape index (κ3) is 5.80. The molecule has 0 aliphatic carbocycles. The zero-order valence-electron chi connectivity index (χ0n) is 11.2. The Kier molecular flexibility index (Phi) is 5.59. The molecule has 0 saturated heterocycles. The minimum absolute atomic E-state index is 0.158. The number of hydrogen-bond acceptors (Lipinski definition) is 2. The second kappa shape index (κ2) is 6.72. The molecule has 1 unspecified atom stereocenters. The first kappa shape index (κ1) is 14.1. The van der Waals surface area contributed by atoms with Gasteiger partial charge in [0.15, 0.2) is 0 Å². The molecule has 0 aromatic heterocycles. The van der Waals surface area contributed by atoms with Crippen molar-refractivity contribution in [2.24, 2.45) is 0 Å². The maximum atomic E-state index is 13.2. The summed E-state index contributed by atoms with van der Waals surface area (Å²) in [6.07, 6.45) is 0. The Morgan fingerprint density at radius 1 is 1.12 bits per heavy atom. The Morgan fingerprint density at radius 2 is 1.82 bits per heavy atom. The number of aryl methyl sites for hydroxylation is 1. The van der Waals surface area contributed by atoms with Crippen molar-refractivity contribution in [2.75, 3.05) is 6.54 Å². The van der Waals surface area contributed by atoms with Gasteiger partial charge in [0.25, 0.3) is 0 Å². The first-order valence-electron chi connectivity index (χ1n) is 6.20. The van der Waals surface area contributed by atoms with Gasteiger partial charge in [0.05, 0.1) is 0 Å². The van der Waals surface area contributed by atoms with Gasteiger partial charge in [0.1, 0.15) is 5.82 Å². The van der Waals surface area contributed by atoms with E-state index in [0.29, 0.717) is 18.6 Å². The molecule has 2 N–H and O–H groups in total. The Morgan fingerprint density at radius 3 is 2.41 bits per heavy atom. The summed E-state index contributed by atoms with van der Waals surface area (Å²) in [5, 5.41) is 6.75. The molecule has 0 bridgehead atoms. The van der Waals surface area contributed by atoms with Gasteiger partial charge in [-0.3, -0.25) is 0 Å². The van der Waals surface area contributed by atoms with Crippen LogP contribution in [0.2, 0.25) is 0 Å². The fourth-order valence-corrected chi connectivity index (χ4v) is 1.69. The van der Waals surface area contributed by atoms with Crippen LogP contribution in [0, 0.1) is 12.7 Å². The molecule has 96 valence electrons. The van der Waals surface area contributed by atoms with Gasteiger partial charge in [0, 0.05) is 25.2 Å². The van der Waals surface area contributed by atoms with Crippen LogP contribution in [0.1, 0.15) is 31.9 Å². The highest BCUT2D eigenvalue weighted by molar-refractivity contribution is 5.23. The third-order valence-electron chi connectivity index (χ3n) is 2.59. The van der Waals surface area contributed by atoms with E-state index in [1.54, 1.807) is 12.1 Å². The van der Waals surface area contributed by atoms with Crippen molar-refractivity contribution in [1.29, 1.82) is 0 Å². The summed E-state index contributed by atoms with van der Waals surface area (Å²) in [4.78, 5) is 0. The van der Waals surface area contributed by atoms with Crippen LogP contribution in [0.5, 0.6) is 0 Å². The van der Waals surface area contributed by atoms with Gasteiger partial charge in [-0.15, -0.1) is 0 Å². The molecule has 0 saturated carbocycles. The summed E-state index contributed by atoms with van der Waals surface area (Å²) in [6.45, 7) is 9.93. The van der Waals surface area contributed by atoms with E-state index >= 15 is 0 Å². The smallest absolute Gasteiger partial charge is 0.123 e. The summed E-state index contributed by atoms with van der Waals surface area (Å²) in [5.41, 5.74) is 1.97. The van der Waals surface area contributed by atoms with Gasteiger partial charge in [-0.2, -0.15) is 0 Å². The molecule has 3 heteroatoms. The van der Waals surface area contributed by atoms with Crippen molar-refractivity contribution in [3.8, 4) is 0 Å². The van der Waals surface area contributed by atoms with Gasteiger partial charge in [-0.1, -0.05) is 19.9 Å². The van der Waals surface area contributed by atoms with Crippen molar-refractivity contribution < 1.29 is 4.39 Å². The van der Waals surface area contributed by atoms with Crippen LogP contribution in [0.4, 0.5) is 4.39 Å². The molecule has 1 aromatic rings. The number of hydrogen-bond donors (Lipinski definition) is 2. The second-order valence-electron chi connectivity index (χ2n) is 4.98. The lowest BCUT2D eigenvalue weighted by Gasteiger charge is -2.16. The van der Waals surface area contributed by atoms with Crippen LogP contribution in [0.25, 0.3) is 0 Å². The highest BCUT2D eigenvalue weighted by Gasteiger charge is 2.03. The molecule has 1 atom stereocenters. The second-order valence-corrected chi connectivity index (χ2v) is 4.98. The largest absolute Gasteiger partial charge is 0.313 e. The van der Waals surface area contributed by atoms with E-state index in [2.05, 4.69) is 31.4 Å². The summed E-state index contributed by atoms with van der Waals surface area (Å²) in [5.74, 6) is -0.158. The minimum atomic E-state index is -0.158. The Labute approximate surface area is 104 Å². The minimum Gasteiger partial charge on any atom is -0.313 e. The van der Waals surface area contributed by atoms with E-state index in [1.165, 1.54) is 0 Å². The molecule has 0 aliphatic heterocycles. The van der Waals surface area contributed by atoms with Crippen molar-refractivity contribution >= 4 is 0 Å². The first-order valence-corrected chi connectivity index (χ1v) is 6.20. The van der Waals surface area contributed by atoms with Crippen molar-refractivity contribution in [1.82, 2.24) is 10.6 Å². The van der Waals surface area contributed by atoms with Crippen LogP contribution >= 0.6 is 0 Å². The lowest BCUT2D eigenvalue weighted by atomic mass is 10.1. The van der Waals surface area contributed by atoms with E-state index in [4.69, 9.17) is 0 Å². The van der Waals surface area contributed by atoms with Gasteiger partial charge in [-0.05, 0) is 37.1 Å². The van der Waals surface area contributed by atoms with E-state index in [0.717, 1.165) is 17.7 Å². The summed E-state index contributed by atoms with van der Waals surface area (Å²) in [7, 11) is 0. The van der Waals surface area contributed by atoms with Crippen LogP contribution in [-0.2, 0) is 6.54 Å². The lowest BCUT2D eigenvalue weighted by molar-refractivity contribution is 0.473. The molecule has 2 nitrogen and oxygen atoms in total. The normalized spacial score (nSPS) is 13.1. The number of nitrogens with one attached hydrogen (secondary N) is 2. The van der Waals surface area contributed by atoms with Crippen LogP contribution in [-0.4, -0.2) is 18.6 Å². The van der Waals surface area contributed by atoms with E-state index < -0.39 is 0 Å². The Balaban J connectivity index is 2.39. The van der Waals surface area contributed by atoms with Crippen molar-refractivity contribution in [2.45, 2.75) is 46.3 Å². The standard InChI is InChI=1S/C14H23FN2/c1-10(2)16-8-12(4)17-9-13-5-11(3)6-14(15)7-13/h5-7,10,12,16-17H,8-9H2,1-4H3. The van der Waals surface area contributed by atoms with Crippen molar-refractivity contribution in [3.63, 3.8) is 0 Å². The van der Waals surface area contributed by atoms with Gasteiger partial charge < -0.3 is 10.6 Å². The monoisotopic (exact) mass is 238 g/mol. The average Bonchev–Trinajstić information content (AvgIpc) is 2.22. The van der Waals surface area contributed by atoms with E-state index in [1.807, 2.05) is 13.0 Å². The number of benzene rings is 1. The Hall–Kier alpha value is -0.930. The topological polar surface area (TPSA) is 24.1 Å². The molecule has 0 heterocycles. The van der Waals surface area contributed by atoms with E-state index in [9.17, 15) is 4.39 Å². The molecule has 0 aliphatic rings. The average molecular weight is 238 g/mol. The summed E-state index contributed by atoms with van der Waals surface area (Å²) in [6, 6.07) is 6.02. The molecule has 1 aromatic carbocycles. The molecule has 0 spiro atoms. The summed E-state index contributed by atoms with van der Waals surface area (Å²) < 4.78 is 13.2. The van der Waals surface area contributed by atoms with Gasteiger partial charge in [-0.25, -0.2) is 4.39 Å². The molecule has 1 rings (SSSR count). The molecule has 0 fully saturated rings. The van der Waals surface area contributed by atoms with Gasteiger partial charge in [0.2, 0.25) is 0 Å². The lowest BCUT2D eigenvalue weighted by Crippen LogP contribution is -2.38. The predicted molar refractivity (Wildman–Crippen MR) is 70.6 cm³/mol. The van der Waals surface area contributed by atoms with Crippen LogP contribution < -0.4 is 10.6 Å². The molecule has 0 radical (unpaired) electrons. The highest BCUT2D eigenvalue weighted by atomic mass is 19.1. The van der Waals surface area contributed by atoms with Gasteiger partial charge >= 0.3 is 0 Å². The zero-order valence-corrected chi connectivity index (χ0v) is 11.2. The van der Waals surface area contributed by atoms with Crippen LogP contribution in [0.3, 0.4) is 0 Å². The maximum Gasteiger partial charge on any atom is 0.123 e. The highest BCUT2D eigenvalue weighted by Crippen LogP contribution is 2.08. The number of rotatable bonds is 6. The predicted octanol–water partition coefficient (Wildman–Crippen LogP) is 2.61. The third-order valence-corrected chi connectivity index (χ3v) is 2.59. The first-order chi connectivity index (χ1) is 7.97. The summed E-state index contributed by atoms with van der Waals surface area (Å²) >= 11 is 0. The SMILES string of the molecule is Cc1cc(F)cc(CNC(C)CNC(C)C)c1. The van der Waals surface area contributed by atoms with Crippen molar-refractivity contribution in [3.05, 3.63) is 35.1 Å².